The van der Waals surface area contributed by atoms with Crippen LogP contribution in [0.2, 0.25) is 0 Å². The van der Waals surface area contributed by atoms with Gasteiger partial charge in [0, 0.05) is 6.54 Å². The first kappa shape index (κ1) is 13.9. The predicted molar refractivity (Wildman–Crippen MR) is 83.4 cm³/mol. The maximum absolute atomic E-state index is 5.52. The highest BCUT2D eigenvalue weighted by Gasteiger charge is 2.25. The van der Waals surface area contributed by atoms with E-state index in [2.05, 4.69) is 29.2 Å². The zero-order chi connectivity index (χ0) is 13.8. The summed E-state index contributed by atoms with van der Waals surface area (Å²) in [5, 5.41) is 0. The van der Waals surface area contributed by atoms with Gasteiger partial charge in [0.1, 0.15) is 5.75 Å². The van der Waals surface area contributed by atoms with Gasteiger partial charge in [-0.2, -0.15) is 0 Å². The molecular weight excluding hydrogens is 246 g/mol. The summed E-state index contributed by atoms with van der Waals surface area (Å²) in [5.74, 6) is 2.74. The zero-order valence-corrected chi connectivity index (χ0v) is 12.7. The standard InChI is InChI=1S/C18H27NO/c1-20-18-9-5-4-8-17(18)16-10-12-19(13-11-16)14-15-6-2-3-7-15/h4-5,8-9,15-16H,2-3,6-7,10-14H2,1H3. The van der Waals surface area contributed by atoms with Gasteiger partial charge in [-0.05, 0) is 62.2 Å². The lowest BCUT2D eigenvalue weighted by atomic mass is 9.88. The van der Waals surface area contributed by atoms with Crippen LogP contribution in [0.15, 0.2) is 24.3 Å². The van der Waals surface area contributed by atoms with Crippen molar-refractivity contribution < 1.29 is 4.74 Å². The van der Waals surface area contributed by atoms with Crippen molar-refractivity contribution in [3.05, 3.63) is 29.8 Å². The SMILES string of the molecule is COc1ccccc1C1CCN(CC2CCCC2)CC1. The average molecular weight is 273 g/mol. The highest BCUT2D eigenvalue weighted by atomic mass is 16.5. The molecule has 2 fully saturated rings. The van der Waals surface area contributed by atoms with Crippen molar-refractivity contribution in [3.8, 4) is 5.75 Å². The number of hydrogen-bond acceptors (Lipinski definition) is 2. The topological polar surface area (TPSA) is 12.5 Å². The highest BCUT2D eigenvalue weighted by molar-refractivity contribution is 5.36. The predicted octanol–water partition coefficient (Wildman–Crippen LogP) is 4.06. The van der Waals surface area contributed by atoms with Crippen LogP contribution in [0.1, 0.15) is 50.0 Å². The molecule has 1 aromatic carbocycles. The monoisotopic (exact) mass is 273 g/mol. The third-order valence-corrected chi connectivity index (χ3v) is 5.16. The van der Waals surface area contributed by atoms with E-state index in [1.54, 1.807) is 7.11 Å². The van der Waals surface area contributed by atoms with E-state index in [0.29, 0.717) is 5.92 Å². The van der Waals surface area contributed by atoms with Crippen molar-refractivity contribution in [1.29, 1.82) is 0 Å². The summed E-state index contributed by atoms with van der Waals surface area (Å²) >= 11 is 0. The summed E-state index contributed by atoms with van der Waals surface area (Å²) in [7, 11) is 1.79. The van der Waals surface area contributed by atoms with Crippen molar-refractivity contribution in [2.24, 2.45) is 5.92 Å². The molecule has 0 spiro atoms. The minimum Gasteiger partial charge on any atom is -0.496 e. The molecule has 1 saturated heterocycles. The van der Waals surface area contributed by atoms with Gasteiger partial charge in [0.25, 0.3) is 0 Å². The molecule has 1 aliphatic heterocycles. The van der Waals surface area contributed by atoms with Crippen molar-refractivity contribution >= 4 is 0 Å². The fourth-order valence-electron chi connectivity index (χ4n) is 3.99. The van der Waals surface area contributed by atoms with Crippen LogP contribution in [0.3, 0.4) is 0 Å². The summed E-state index contributed by atoms with van der Waals surface area (Å²) in [6, 6.07) is 8.55. The summed E-state index contributed by atoms with van der Waals surface area (Å²) in [6.07, 6.45) is 8.42. The molecule has 2 heteroatoms. The molecule has 0 unspecified atom stereocenters. The minimum absolute atomic E-state index is 0.686. The normalized spacial score (nSPS) is 22.2. The molecule has 0 amide bonds. The lowest BCUT2D eigenvalue weighted by Crippen LogP contribution is -2.36. The number of nitrogens with zero attached hydrogens (tertiary/aromatic N) is 1. The first-order chi connectivity index (χ1) is 9.86. The van der Waals surface area contributed by atoms with E-state index < -0.39 is 0 Å². The van der Waals surface area contributed by atoms with Gasteiger partial charge in [-0.1, -0.05) is 31.0 Å². The van der Waals surface area contributed by atoms with Crippen molar-refractivity contribution in [1.82, 2.24) is 4.90 Å². The Balaban J connectivity index is 1.55. The van der Waals surface area contributed by atoms with E-state index in [9.17, 15) is 0 Å². The zero-order valence-electron chi connectivity index (χ0n) is 12.7. The number of piperidine rings is 1. The molecular formula is C18H27NO. The number of likely N-dealkylation sites (tertiary alicyclic amines) is 1. The first-order valence-electron chi connectivity index (χ1n) is 8.22. The Kier molecular flexibility index (Phi) is 4.62. The van der Waals surface area contributed by atoms with Gasteiger partial charge < -0.3 is 9.64 Å². The third kappa shape index (κ3) is 3.17. The lowest BCUT2D eigenvalue weighted by molar-refractivity contribution is 0.182. The minimum atomic E-state index is 0.686. The van der Waals surface area contributed by atoms with E-state index in [1.807, 2.05) is 0 Å². The Hall–Kier alpha value is -1.02. The van der Waals surface area contributed by atoms with Gasteiger partial charge in [-0.3, -0.25) is 0 Å². The van der Waals surface area contributed by atoms with E-state index in [0.717, 1.165) is 11.7 Å². The smallest absolute Gasteiger partial charge is 0.122 e. The molecule has 2 aliphatic rings. The van der Waals surface area contributed by atoms with Crippen molar-refractivity contribution in [2.45, 2.75) is 44.4 Å². The Labute approximate surface area is 123 Å². The number of hydrogen-bond donors (Lipinski definition) is 0. The first-order valence-corrected chi connectivity index (χ1v) is 8.22. The molecule has 1 heterocycles. The van der Waals surface area contributed by atoms with Gasteiger partial charge in [-0.25, -0.2) is 0 Å². The fraction of sp³-hybridized carbons (Fsp3) is 0.667. The van der Waals surface area contributed by atoms with E-state index in [-0.39, 0.29) is 0 Å². The Morgan fingerprint density at radius 3 is 2.45 bits per heavy atom. The number of para-hydroxylation sites is 1. The van der Waals surface area contributed by atoms with E-state index in [4.69, 9.17) is 4.74 Å². The van der Waals surface area contributed by atoms with Crippen LogP contribution in [-0.4, -0.2) is 31.6 Å². The van der Waals surface area contributed by atoms with Crippen LogP contribution < -0.4 is 4.74 Å². The molecule has 1 aromatic rings. The van der Waals surface area contributed by atoms with Gasteiger partial charge in [0.05, 0.1) is 7.11 Å². The van der Waals surface area contributed by atoms with Gasteiger partial charge in [0.15, 0.2) is 0 Å². The second-order valence-electron chi connectivity index (χ2n) is 6.47. The second-order valence-corrected chi connectivity index (χ2v) is 6.47. The Bertz CT molecular complexity index is 417. The Morgan fingerprint density at radius 1 is 1.05 bits per heavy atom. The summed E-state index contributed by atoms with van der Waals surface area (Å²) in [4.78, 5) is 2.70. The molecule has 20 heavy (non-hydrogen) atoms. The summed E-state index contributed by atoms with van der Waals surface area (Å²) in [6.45, 7) is 3.87. The quantitative estimate of drug-likeness (QED) is 0.820. The number of ether oxygens (including phenoxy) is 1. The Morgan fingerprint density at radius 2 is 1.75 bits per heavy atom. The van der Waals surface area contributed by atoms with Crippen LogP contribution in [0, 0.1) is 5.92 Å². The maximum Gasteiger partial charge on any atom is 0.122 e. The largest absolute Gasteiger partial charge is 0.496 e. The molecule has 0 atom stereocenters. The van der Waals surface area contributed by atoms with Crippen LogP contribution in [0.5, 0.6) is 5.75 Å². The molecule has 1 aliphatic carbocycles. The van der Waals surface area contributed by atoms with E-state index in [1.165, 1.54) is 63.7 Å². The van der Waals surface area contributed by atoms with Crippen LogP contribution in [0.25, 0.3) is 0 Å². The molecule has 110 valence electrons. The van der Waals surface area contributed by atoms with Crippen LogP contribution in [-0.2, 0) is 0 Å². The van der Waals surface area contributed by atoms with Crippen molar-refractivity contribution in [3.63, 3.8) is 0 Å². The summed E-state index contributed by atoms with van der Waals surface area (Å²) < 4.78 is 5.52. The lowest BCUT2D eigenvalue weighted by Gasteiger charge is -2.34. The van der Waals surface area contributed by atoms with Gasteiger partial charge >= 0.3 is 0 Å². The molecule has 0 radical (unpaired) electrons. The van der Waals surface area contributed by atoms with E-state index >= 15 is 0 Å². The van der Waals surface area contributed by atoms with Crippen molar-refractivity contribution in [2.75, 3.05) is 26.7 Å². The molecule has 1 saturated carbocycles. The third-order valence-electron chi connectivity index (χ3n) is 5.16. The summed E-state index contributed by atoms with van der Waals surface area (Å²) in [5.41, 5.74) is 1.41. The van der Waals surface area contributed by atoms with Gasteiger partial charge in [0.2, 0.25) is 0 Å². The van der Waals surface area contributed by atoms with Crippen LogP contribution in [0.4, 0.5) is 0 Å². The van der Waals surface area contributed by atoms with Gasteiger partial charge in [-0.15, -0.1) is 0 Å². The van der Waals surface area contributed by atoms with Crippen LogP contribution >= 0.6 is 0 Å². The molecule has 2 nitrogen and oxygen atoms in total. The highest BCUT2D eigenvalue weighted by Crippen LogP contribution is 2.35. The fourth-order valence-corrected chi connectivity index (χ4v) is 3.99. The number of benzene rings is 1. The molecule has 0 N–H and O–H groups in total. The maximum atomic E-state index is 5.52. The average Bonchev–Trinajstić information content (AvgIpc) is 3.01. The molecule has 0 aromatic heterocycles. The number of methoxy groups -OCH3 is 1. The number of rotatable bonds is 4. The second kappa shape index (κ2) is 6.62. The molecule has 3 rings (SSSR count). The molecule has 0 bridgehead atoms.